The van der Waals surface area contributed by atoms with Crippen molar-refractivity contribution >= 4 is 137 Å². The second kappa shape index (κ2) is 44.1. The second-order valence-electron chi connectivity index (χ2n) is 0. The van der Waals surface area contributed by atoms with Crippen molar-refractivity contribution in [2.45, 2.75) is 0 Å². The molecule has 0 aliphatic rings. The number of hydrogen-bond donors (Lipinski definition) is 0. The fourth-order valence-corrected chi connectivity index (χ4v) is 0. The molecule has 0 aliphatic carbocycles. The summed E-state index contributed by atoms with van der Waals surface area (Å²) in [5.41, 5.74) is 0. The van der Waals surface area contributed by atoms with E-state index >= 15 is 0 Å². The molecule has 0 saturated carbocycles. The Hall–Kier alpha value is 4.98. The van der Waals surface area contributed by atoms with Crippen LogP contribution in [0, 0.1) is 0 Å². The van der Waals surface area contributed by atoms with Crippen molar-refractivity contribution in [1.29, 1.82) is 0 Å². The first kappa shape index (κ1) is 58.2. The van der Waals surface area contributed by atoms with E-state index in [-0.39, 0.29) is 165 Å². The van der Waals surface area contributed by atoms with Crippen molar-refractivity contribution in [3.05, 3.63) is 0 Å². The molecule has 0 bridgehead atoms. The van der Waals surface area contributed by atoms with E-state index in [2.05, 4.69) is 0 Å². The Morgan fingerprint density at radius 3 is 1.00 bits per heavy atom. The van der Waals surface area contributed by atoms with Gasteiger partial charge in [-0.3, -0.25) is 0 Å². The SMILES string of the molecule is [Bi].[CaH2].[Cu+2].[O-2].[O].[Pb].[SrH2]. The molecule has 0 N–H and O–H groups in total. The Morgan fingerprint density at radius 1 is 1.00 bits per heavy atom. The molecule has 0 saturated heterocycles. The van der Waals surface area contributed by atoms with Gasteiger partial charge >= 0.3 is 100 Å². The number of hydrogen-bond acceptors (Lipinski definition) is 0. The summed E-state index contributed by atoms with van der Waals surface area (Å²) < 4.78 is 0. The third-order valence-electron chi connectivity index (χ3n) is 0. The molecule has 7 heteroatoms. The van der Waals surface area contributed by atoms with Crippen LogP contribution in [0.1, 0.15) is 0 Å². The molecule has 0 amide bonds. The van der Waals surface area contributed by atoms with Crippen molar-refractivity contribution < 1.29 is 28.0 Å². The van der Waals surface area contributed by atoms with Crippen molar-refractivity contribution in [2.75, 3.05) is 0 Å². The number of rotatable bonds is 0. The molecule has 0 aromatic rings. The first-order chi connectivity index (χ1) is 0. The predicted octanol–water partition coefficient (Wildman–Crippen LogP) is -2.83. The van der Waals surface area contributed by atoms with Crippen LogP contribution in [0.25, 0.3) is 0 Å². The van der Waals surface area contributed by atoms with Crippen LogP contribution in [0.4, 0.5) is 0 Å². The summed E-state index contributed by atoms with van der Waals surface area (Å²) in [5.74, 6) is 0. The summed E-state index contributed by atoms with van der Waals surface area (Å²) in [6.07, 6.45) is 0. The van der Waals surface area contributed by atoms with Gasteiger partial charge in [0.1, 0.15) is 0 Å². The fraction of sp³-hybridized carbons (Fsp3) is 0. The zero-order chi connectivity index (χ0) is 0. The monoisotopic (exact) mass is 644 g/mol. The van der Waals surface area contributed by atoms with E-state index in [0.29, 0.717) is 0 Å². The maximum atomic E-state index is 0. The van der Waals surface area contributed by atoms with E-state index in [1.54, 1.807) is 0 Å². The van der Waals surface area contributed by atoms with Gasteiger partial charge in [-0.2, -0.15) is 0 Å². The van der Waals surface area contributed by atoms with Crippen LogP contribution in [-0.4, -0.2) is 137 Å². The van der Waals surface area contributed by atoms with Gasteiger partial charge in [-0.25, -0.2) is 0 Å². The molecule has 0 fully saturated rings. The normalized spacial score (nSPS) is 0. The molecule has 0 aromatic heterocycles. The topological polar surface area (TPSA) is 57.0 Å². The Labute approximate surface area is 160 Å². The average molecular weight is 643 g/mol. The van der Waals surface area contributed by atoms with Crippen LogP contribution in [-0.2, 0) is 28.0 Å². The van der Waals surface area contributed by atoms with Gasteiger partial charge in [0.25, 0.3) is 0 Å². The predicted molar refractivity (Wildman–Crippen MR) is 30.0 cm³/mol. The van der Waals surface area contributed by atoms with Crippen LogP contribution in [0.2, 0.25) is 0 Å². The van der Waals surface area contributed by atoms with Crippen molar-refractivity contribution in [1.82, 2.24) is 0 Å². The summed E-state index contributed by atoms with van der Waals surface area (Å²) in [6, 6.07) is 0. The van der Waals surface area contributed by atoms with Crippen LogP contribution in [0.5, 0.6) is 0 Å². The average Bonchev–Trinajstić information content (AvgIpc) is 0. The Kier molecular flexibility index (Phi) is 366. The molecule has 0 aliphatic heterocycles. The van der Waals surface area contributed by atoms with Gasteiger partial charge < -0.3 is 5.48 Å². The van der Waals surface area contributed by atoms with Gasteiger partial charge in [0, 0.05) is 59.0 Å². The van der Waals surface area contributed by atoms with Crippen molar-refractivity contribution in [2.24, 2.45) is 0 Å². The second-order valence-corrected chi connectivity index (χ2v) is 0. The van der Waals surface area contributed by atoms with Gasteiger partial charge in [0.2, 0.25) is 0 Å². The van der Waals surface area contributed by atoms with E-state index in [0.717, 1.165) is 0 Å². The summed E-state index contributed by atoms with van der Waals surface area (Å²) in [7, 11) is 0. The molecule has 40 valence electrons. The molecule has 7 heavy (non-hydrogen) atoms. The van der Waals surface area contributed by atoms with Crippen molar-refractivity contribution in [3.63, 3.8) is 0 Å². The summed E-state index contributed by atoms with van der Waals surface area (Å²) in [5, 5.41) is 0. The van der Waals surface area contributed by atoms with Gasteiger partial charge in [-0.1, -0.05) is 0 Å². The zero-order valence-electron chi connectivity index (χ0n) is 2.07. The van der Waals surface area contributed by atoms with Crippen LogP contribution >= 0.6 is 0 Å². The standard InChI is InChI=1S/Bi.Ca.Cu.2O.Pb.Sr.4H/q;;+2;;-2;;;;;;. The van der Waals surface area contributed by atoms with Crippen LogP contribution < -0.4 is 0 Å². The van der Waals surface area contributed by atoms with E-state index in [4.69, 9.17) is 0 Å². The molecule has 0 unspecified atom stereocenters. The van der Waals surface area contributed by atoms with Crippen molar-refractivity contribution in [3.8, 4) is 0 Å². The molecular weight excluding hydrogens is 639 g/mol. The Bertz CT molecular complexity index is 17.7. The maximum absolute atomic E-state index is 0. The summed E-state index contributed by atoms with van der Waals surface area (Å²) in [4.78, 5) is 0. The minimum atomic E-state index is 0. The van der Waals surface area contributed by atoms with Gasteiger partial charge in [0.15, 0.2) is 0 Å². The van der Waals surface area contributed by atoms with E-state index < -0.39 is 0 Å². The van der Waals surface area contributed by atoms with E-state index in [1.165, 1.54) is 0 Å². The fourth-order valence-electron chi connectivity index (χ4n) is 0. The quantitative estimate of drug-likeness (QED) is 0.256. The van der Waals surface area contributed by atoms with E-state index in [9.17, 15) is 0 Å². The van der Waals surface area contributed by atoms with Crippen LogP contribution in [0.15, 0.2) is 0 Å². The van der Waals surface area contributed by atoms with E-state index in [1.807, 2.05) is 0 Å². The third kappa shape index (κ3) is 35.7. The molecule has 2 nitrogen and oxygen atoms in total. The van der Waals surface area contributed by atoms with Gasteiger partial charge in [-0.05, 0) is 0 Å². The minimum absolute atomic E-state index is 0. The molecule has 0 rings (SSSR count). The molecule has 0 atom stereocenters. The van der Waals surface area contributed by atoms with Crippen LogP contribution in [0.3, 0.4) is 0 Å². The Morgan fingerprint density at radius 2 is 1.00 bits per heavy atom. The van der Waals surface area contributed by atoms with Gasteiger partial charge in [-0.15, -0.1) is 0 Å². The molecular formula is H4BiCaCuO2PbSr. The van der Waals surface area contributed by atoms with Gasteiger partial charge in [0.05, 0.1) is 0 Å². The first-order valence-corrected chi connectivity index (χ1v) is 0. The first-order valence-electron chi connectivity index (χ1n) is 0. The molecule has 0 aromatic carbocycles. The summed E-state index contributed by atoms with van der Waals surface area (Å²) in [6.45, 7) is 0. The third-order valence-corrected chi connectivity index (χ3v) is 0. The molecule has 0 spiro atoms. The summed E-state index contributed by atoms with van der Waals surface area (Å²) >= 11 is 0. The Balaban J connectivity index is 0. The zero-order valence-corrected chi connectivity index (χ0v) is 10.4. The molecule has 10 radical (unpaired) electrons. The molecule has 0 heterocycles.